The zero-order chi connectivity index (χ0) is 20.1. The van der Waals surface area contributed by atoms with Gasteiger partial charge in [-0.2, -0.15) is 0 Å². The molecule has 8 heteroatoms. The topological polar surface area (TPSA) is 97.0 Å². The maximum absolute atomic E-state index is 12.8. The number of piperidine rings is 1. The molecule has 0 bridgehead atoms. The molecule has 2 heterocycles. The molecule has 152 valence electrons. The van der Waals surface area contributed by atoms with Crippen molar-refractivity contribution in [3.8, 4) is 11.5 Å². The molecule has 0 aromatic heterocycles. The number of hydrogen-bond donors (Lipinski definition) is 2. The van der Waals surface area contributed by atoms with Crippen molar-refractivity contribution in [2.45, 2.75) is 39.2 Å². The van der Waals surface area contributed by atoms with Crippen molar-refractivity contribution in [3.63, 3.8) is 0 Å². The first-order chi connectivity index (χ1) is 13.5. The van der Waals surface area contributed by atoms with Crippen molar-refractivity contribution in [2.24, 2.45) is 5.92 Å². The number of nitrogens with zero attached hydrogens (tertiary/aromatic N) is 1. The molecule has 28 heavy (non-hydrogen) atoms. The van der Waals surface area contributed by atoms with E-state index in [0.29, 0.717) is 49.5 Å². The van der Waals surface area contributed by atoms with Crippen molar-refractivity contribution >= 4 is 17.7 Å². The molecule has 2 aliphatic heterocycles. The van der Waals surface area contributed by atoms with Crippen LogP contribution in [0.5, 0.6) is 11.5 Å². The number of carbonyl (C=O) groups is 3. The number of benzene rings is 1. The van der Waals surface area contributed by atoms with Crippen LogP contribution in [0.1, 0.15) is 43.5 Å². The highest BCUT2D eigenvalue weighted by atomic mass is 16.7. The lowest BCUT2D eigenvalue weighted by Crippen LogP contribution is -2.53. The Labute approximate surface area is 164 Å². The van der Waals surface area contributed by atoms with Crippen LogP contribution < -0.4 is 20.1 Å². The molecule has 0 aliphatic carbocycles. The lowest BCUT2D eigenvalue weighted by Gasteiger charge is -2.35. The number of fused-ring (bicyclic) bond motifs is 1. The third-order valence-electron chi connectivity index (χ3n) is 5.21. The van der Waals surface area contributed by atoms with Gasteiger partial charge >= 0.3 is 0 Å². The number of amides is 3. The molecule has 0 spiro atoms. The standard InChI is InChI=1S/C20H27N3O5/c1-3-8-21-20(26)18(14-6-9-23(10-7-14)13(2)24)22-19(25)15-4-5-16-17(11-15)28-12-27-16/h4-5,11,14,18H,3,6-10,12H2,1-2H3,(H,21,26)(H,22,25)/t18-/m1/s1. The molecule has 1 saturated heterocycles. The van der Waals surface area contributed by atoms with Crippen LogP contribution in [0, 0.1) is 5.92 Å². The molecule has 2 aliphatic rings. The third-order valence-corrected chi connectivity index (χ3v) is 5.21. The number of ether oxygens (including phenoxy) is 2. The maximum atomic E-state index is 12.8. The highest BCUT2D eigenvalue weighted by molar-refractivity contribution is 5.98. The molecule has 0 unspecified atom stereocenters. The summed E-state index contributed by atoms with van der Waals surface area (Å²) in [7, 11) is 0. The second-order valence-corrected chi connectivity index (χ2v) is 7.15. The van der Waals surface area contributed by atoms with Crippen LogP contribution in [0.15, 0.2) is 18.2 Å². The van der Waals surface area contributed by atoms with E-state index in [1.807, 2.05) is 6.92 Å². The highest BCUT2D eigenvalue weighted by Gasteiger charge is 2.33. The average molecular weight is 389 g/mol. The van der Waals surface area contributed by atoms with Crippen molar-refractivity contribution in [1.82, 2.24) is 15.5 Å². The molecule has 2 N–H and O–H groups in total. The summed E-state index contributed by atoms with van der Waals surface area (Å²) in [6, 6.07) is 4.33. The normalized spacial score (nSPS) is 17.1. The molecule has 1 fully saturated rings. The van der Waals surface area contributed by atoms with Crippen LogP contribution in [0.2, 0.25) is 0 Å². The van der Waals surface area contributed by atoms with Gasteiger partial charge < -0.3 is 25.0 Å². The van der Waals surface area contributed by atoms with Gasteiger partial charge in [0.05, 0.1) is 0 Å². The quantitative estimate of drug-likeness (QED) is 0.764. The molecule has 1 atom stereocenters. The van der Waals surface area contributed by atoms with Gasteiger partial charge in [-0.15, -0.1) is 0 Å². The number of carbonyl (C=O) groups excluding carboxylic acids is 3. The molecule has 0 saturated carbocycles. The maximum Gasteiger partial charge on any atom is 0.252 e. The molecule has 8 nitrogen and oxygen atoms in total. The van der Waals surface area contributed by atoms with Crippen molar-refractivity contribution < 1.29 is 23.9 Å². The van der Waals surface area contributed by atoms with Gasteiger partial charge in [0.25, 0.3) is 5.91 Å². The van der Waals surface area contributed by atoms with Gasteiger partial charge in [-0.05, 0) is 43.4 Å². The van der Waals surface area contributed by atoms with E-state index >= 15 is 0 Å². The third kappa shape index (κ3) is 4.55. The fraction of sp³-hybridized carbons (Fsp3) is 0.550. The van der Waals surface area contributed by atoms with Crippen LogP contribution >= 0.6 is 0 Å². The predicted molar refractivity (Wildman–Crippen MR) is 102 cm³/mol. The second kappa shape index (κ2) is 8.95. The van der Waals surface area contributed by atoms with E-state index in [0.717, 1.165) is 6.42 Å². The lowest BCUT2D eigenvalue weighted by molar-refractivity contribution is -0.130. The van der Waals surface area contributed by atoms with Gasteiger partial charge in [-0.25, -0.2) is 0 Å². The largest absolute Gasteiger partial charge is 0.454 e. The molecular weight excluding hydrogens is 362 g/mol. The summed E-state index contributed by atoms with van der Waals surface area (Å²) < 4.78 is 10.6. The summed E-state index contributed by atoms with van der Waals surface area (Å²) in [5, 5.41) is 5.78. The molecule has 1 aromatic rings. The van der Waals surface area contributed by atoms with Crippen LogP contribution in [-0.2, 0) is 9.59 Å². The molecular formula is C20H27N3O5. The zero-order valence-electron chi connectivity index (χ0n) is 16.3. The Hall–Kier alpha value is -2.77. The van der Waals surface area contributed by atoms with Gasteiger partial charge in [0, 0.05) is 32.1 Å². The lowest BCUT2D eigenvalue weighted by atomic mass is 9.88. The van der Waals surface area contributed by atoms with E-state index < -0.39 is 6.04 Å². The van der Waals surface area contributed by atoms with Gasteiger partial charge in [0.2, 0.25) is 18.6 Å². The average Bonchev–Trinajstić information content (AvgIpc) is 3.18. The Balaban J connectivity index is 1.70. The Morgan fingerprint density at radius 2 is 1.89 bits per heavy atom. The zero-order valence-corrected chi connectivity index (χ0v) is 16.3. The smallest absolute Gasteiger partial charge is 0.252 e. The summed E-state index contributed by atoms with van der Waals surface area (Å²) in [5.74, 6) is 0.626. The number of rotatable bonds is 6. The van der Waals surface area contributed by atoms with E-state index in [2.05, 4.69) is 10.6 Å². The summed E-state index contributed by atoms with van der Waals surface area (Å²) in [6.45, 7) is 5.41. The van der Waals surface area contributed by atoms with Crippen LogP contribution in [0.25, 0.3) is 0 Å². The molecule has 3 amide bonds. The Bertz CT molecular complexity index is 743. The minimum Gasteiger partial charge on any atom is -0.454 e. The van der Waals surface area contributed by atoms with E-state index in [1.165, 1.54) is 0 Å². The van der Waals surface area contributed by atoms with Gasteiger partial charge in [-0.3, -0.25) is 14.4 Å². The van der Waals surface area contributed by atoms with E-state index in [9.17, 15) is 14.4 Å². The van der Waals surface area contributed by atoms with Crippen LogP contribution in [0.3, 0.4) is 0 Å². The van der Waals surface area contributed by atoms with Gasteiger partial charge in [0.1, 0.15) is 6.04 Å². The SMILES string of the molecule is CCCNC(=O)[C@H](NC(=O)c1ccc2c(c1)OCO2)C1CCN(C(C)=O)CC1. The van der Waals surface area contributed by atoms with Crippen molar-refractivity contribution in [2.75, 3.05) is 26.4 Å². The predicted octanol–water partition coefficient (Wildman–Crippen LogP) is 1.30. The van der Waals surface area contributed by atoms with E-state index in [1.54, 1.807) is 30.0 Å². The monoisotopic (exact) mass is 389 g/mol. The Morgan fingerprint density at radius 3 is 2.57 bits per heavy atom. The van der Waals surface area contributed by atoms with Gasteiger partial charge in [-0.1, -0.05) is 6.92 Å². The molecule has 0 radical (unpaired) electrons. The van der Waals surface area contributed by atoms with Crippen LogP contribution in [0.4, 0.5) is 0 Å². The number of hydrogen-bond acceptors (Lipinski definition) is 5. The second-order valence-electron chi connectivity index (χ2n) is 7.15. The number of nitrogens with one attached hydrogen (secondary N) is 2. The molecule has 3 rings (SSSR count). The minimum atomic E-state index is -0.640. The van der Waals surface area contributed by atoms with E-state index in [-0.39, 0.29) is 30.4 Å². The summed E-state index contributed by atoms with van der Waals surface area (Å²) in [6.07, 6.45) is 2.16. The minimum absolute atomic E-state index is 0.0228. The fourth-order valence-corrected chi connectivity index (χ4v) is 3.57. The van der Waals surface area contributed by atoms with Gasteiger partial charge in [0.15, 0.2) is 11.5 Å². The number of likely N-dealkylation sites (tertiary alicyclic amines) is 1. The first kappa shape index (κ1) is 20.0. The Morgan fingerprint density at radius 1 is 1.18 bits per heavy atom. The van der Waals surface area contributed by atoms with Crippen molar-refractivity contribution in [1.29, 1.82) is 0 Å². The van der Waals surface area contributed by atoms with Crippen LogP contribution in [-0.4, -0.2) is 55.1 Å². The van der Waals surface area contributed by atoms with Crippen molar-refractivity contribution in [3.05, 3.63) is 23.8 Å². The van der Waals surface area contributed by atoms with E-state index in [4.69, 9.17) is 9.47 Å². The summed E-state index contributed by atoms with van der Waals surface area (Å²) >= 11 is 0. The molecule has 1 aromatic carbocycles. The summed E-state index contributed by atoms with van der Waals surface area (Å²) in [4.78, 5) is 38.9. The summed E-state index contributed by atoms with van der Waals surface area (Å²) in [5.41, 5.74) is 0.415. The first-order valence-electron chi connectivity index (χ1n) is 9.73. The Kier molecular flexibility index (Phi) is 6.38. The highest BCUT2D eigenvalue weighted by Crippen LogP contribution is 2.32. The first-order valence-corrected chi connectivity index (χ1v) is 9.73. The fourth-order valence-electron chi connectivity index (χ4n) is 3.57.